The normalized spacial score (nSPS) is 12.0. The van der Waals surface area contributed by atoms with Gasteiger partial charge in [-0.1, -0.05) is 19.9 Å². The van der Waals surface area contributed by atoms with Crippen molar-refractivity contribution in [2.24, 2.45) is 5.92 Å². The number of hydrogen-bond acceptors (Lipinski definition) is 4. The lowest BCUT2D eigenvalue weighted by Crippen LogP contribution is -2.21. The summed E-state index contributed by atoms with van der Waals surface area (Å²) < 4.78 is 26.7. The minimum Gasteiger partial charge on any atom is -0.378 e. The van der Waals surface area contributed by atoms with Crippen molar-refractivity contribution in [3.05, 3.63) is 83.2 Å². The average molecular weight is 438 g/mol. The minimum atomic E-state index is -1.73. The van der Waals surface area contributed by atoms with Crippen LogP contribution in [0.3, 0.4) is 0 Å². The van der Waals surface area contributed by atoms with E-state index < -0.39 is 23.6 Å². The molecule has 0 spiro atoms. The molecule has 0 radical (unpaired) electrons. The average Bonchev–Trinajstić information content (AvgIpc) is 2.72. The molecule has 2 aromatic carbocycles. The fraction of sp³-hybridized carbons (Fsp3) is 0.240. The highest BCUT2D eigenvalue weighted by Gasteiger charge is 2.19. The number of halogens is 2. The van der Waals surface area contributed by atoms with Gasteiger partial charge >= 0.3 is 0 Å². The first kappa shape index (κ1) is 23.2. The molecular formula is C25H24F2N2O3. The van der Waals surface area contributed by atoms with Crippen LogP contribution in [0.2, 0.25) is 0 Å². The molecule has 1 heterocycles. The molecule has 0 saturated carbocycles. The molecule has 0 aliphatic rings. The number of carbonyl (C=O) groups excluding carboxylic acids is 2. The van der Waals surface area contributed by atoms with Crippen LogP contribution in [0.5, 0.6) is 0 Å². The lowest BCUT2D eigenvalue weighted by molar-refractivity contribution is -0.124. The van der Waals surface area contributed by atoms with Crippen molar-refractivity contribution in [3.8, 4) is 11.1 Å². The van der Waals surface area contributed by atoms with E-state index in [1.54, 1.807) is 36.7 Å². The van der Waals surface area contributed by atoms with E-state index in [0.29, 0.717) is 23.7 Å². The molecule has 5 nitrogen and oxygen atoms in total. The number of anilines is 1. The predicted molar refractivity (Wildman–Crippen MR) is 118 cm³/mol. The number of aliphatic hydroxyl groups excluding tert-OH is 1. The Morgan fingerprint density at radius 1 is 1.03 bits per heavy atom. The highest BCUT2D eigenvalue weighted by Crippen LogP contribution is 2.27. The summed E-state index contributed by atoms with van der Waals surface area (Å²) in [5, 5.41) is 12.7. The lowest BCUT2D eigenvalue weighted by atomic mass is 9.97. The topological polar surface area (TPSA) is 79.3 Å². The first-order valence-corrected chi connectivity index (χ1v) is 10.2. The number of hydrogen-bond donors (Lipinski definition) is 2. The number of aromatic nitrogens is 1. The molecular weight excluding hydrogens is 414 g/mol. The third kappa shape index (κ3) is 5.62. The van der Waals surface area contributed by atoms with E-state index >= 15 is 0 Å². The highest BCUT2D eigenvalue weighted by atomic mass is 19.1. The number of Topliss-reactive ketones (excluding diaryl/α,β-unsaturated/α-hetero) is 1. The van der Waals surface area contributed by atoms with E-state index in [-0.39, 0.29) is 17.3 Å². The van der Waals surface area contributed by atoms with Gasteiger partial charge in [-0.05, 0) is 59.9 Å². The number of nitrogens with one attached hydrogen (secondary N) is 1. The van der Waals surface area contributed by atoms with Crippen LogP contribution in [0, 0.1) is 24.5 Å². The summed E-state index contributed by atoms with van der Waals surface area (Å²) >= 11 is 0. The Labute approximate surface area is 185 Å². The molecule has 2 N–H and O–H groups in total. The zero-order valence-electron chi connectivity index (χ0n) is 18.0. The second-order valence-corrected chi connectivity index (χ2v) is 8.11. The van der Waals surface area contributed by atoms with Gasteiger partial charge in [-0.25, -0.2) is 8.78 Å². The Bertz CT molecular complexity index is 1140. The van der Waals surface area contributed by atoms with E-state index in [1.165, 1.54) is 0 Å². The monoisotopic (exact) mass is 438 g/mol. The van der Waals surface area contributed by atoms with Crippen LogP contribution < -0.4 is 5.32 Å². The number of pyridine rings is 1. The van der Waals surface area contributed by atoms with Gasteiger partial charge in [-0.3, -0.25) is 14.6 Å². The maximum atomic E-state index is 13.4. The molecule has 7 heteroatoms. The smallest absolute Gasteiger partial charge is 0.257 e. The summed E-state index contributed by atoms with van der Waals surface area (Å²) in [5.74, 6) is -2.30. The first-order valence-electron chi connectivity index (χ1n) is 10.2. The number of amides is 1. The number of aliphatic hydroxyl groups is 1. The molecule has 0 bridgehead atoms. The maximum absolute atomic E-state index is 13.4. The van der Waals surface area contributed by atoms with Gasteiger partial charge in [0.1, 0.15) is 11.6 Å². The van der Waals surface area contributed by atoms with Gasteiger partial charge in [0.2, 0.25) is 0 Å². The van der Waals surface area contributed by atoms with E-state index in [0.717, 1.165) is 28.8 Å². The molecule has 1 aromatic heterocycles. The van der Waals surface area contributed by atoms with Gasteiger partial charge in [0, 0.05) is 41.7 Å². The van der Waals surface area contributed by atoms with E-state index in [9.17, 15) is 23.5 Å². The Balaban J connectivity index is 1.78. The van der Waals surface area contributed by atoms with Gasteiger partial charge < -0.3 is 10.4 Å². The number of benzene rings is 2. The second-order valence-electron chi connectivity index (χ2n) is 8.11. The highest BCUT2D eigenvalue weighted by molar-refractivity contribution is 5.97. The Morgan fingerprint density at radius 2 is 1.72 bits per heavy atom. The van der Waals surface area contributed by atoms with Crippen molar-refractivity contribution in [3.63, 3.8) is 0 Å². The Morgan fingerprint density at radius 3 is 2.34 bits per heavy atom. The zero-order chi connectivity index (χ0) is 23.4. The summed E-state index contributed by atoms with van der Waals surface area (Å²) in [5.41, 5.74) is 3.19. The largest absolute Gasteiger partial charge is 0.378 e. The molecule has 166 valence electrons. The molecule has 0 aliphatic heterocycles. The predicted octanol–water partition coefficient (Wildman–Crippen LogP) is 5.24. The Hall–Kier alpha value is -3.45. The number of carbonyl (C=O) groups is 2. The van der Waals surface area contributed by atoms with Gasteiger partial charge in [-0.15, -0.1) is 0 Å². The number of aryl methyl sites for hydroxylation is 1. The van der Waals surface area contributed by atoms with Crippen LogP contribution in [0.15, 0.2) is 54.9 Å². The first-order chi connectivity index (χ1) is 15.1. The summed E-state index contributed by atoms with van der Waals surface area (Å²) in [6.45, 7) is 5.80. The fourth-order valence-corrected chi connectivity index (χ4v) is 3.39. The van der Waals surface area contributed by atoms with Gasteiger partial charge in [0.05, 0.1) is 0 Å². The van der Waals surface area contributed by atoms with Crippen molar-refractivity contribution in [1.82, 2.24) is 4.98 Å². The third-order valence-corrected chi connectivity index (χ3v) is 4.91. The van der Waals surface area contributed by atoms with Gasteiger partial charge in [0.15, 0.2) is 11.9 Å². The lowest BCUT2D eigenvalue weighted by Gasteiger charge is -2.14. The number of rotatable bonds is 7. The van der Waals surface area contributed by atoms with Crippen molar-refractivity contribution >= 4 is 17.4 Å². The quantitative estimate of drug-likeness (QED) is 0.495. The van der Waals surface area contributed by atoms with E-state index in [2.05, 4.69) is 10.3 Å². The van der Waals surface area contributed by atoms with Gasteiger partial charge in [0.25, 0.3) is 5.91 Å². The number of nitrogens with zero attached hydrogens (tertiary/aromatic N) is 1. The molecule has 3 rings (SSSR count). The van der Waals surface area contributed by atoms with Gasteiger partial charge in [-0.2, -0.15) is 0 Å². The minimum absolute atomic E-state index is 0.0265. The Kier molecular flexibility index (Phi) is 7.10. The molecule has 1 atom stereocenters. The van der Waals surface area contributed by atoms with Crippen LogP contribution in [0.1, 0.15) is 47.9 Å². The van der Waals surface area contributed by atoms with E-state index in [1.807, 2.05) is 20.8 Å². The summed E-state index contributed by atoms with van der Waals surface area (Å²) in [7, 11) is 0. The molecule has 0 fully saturated rings. The standard InChI is InChI=1S/C25H24F2N2O3/c1-14(2)6-23(30)18-8-17(12-28-13-18)22-5-4-21(7-15(22)3)29-25(32)24(31)16-9-19(26)11-20(27)10-16/h4-5,7-14,24,31H,6H2,1-3H3,(H,29,32). The fourth-order valence-electron chi connectivity index (χ4n) is 3.39. The van der Waals surface area contributed by atoms with Crippen molar-refractivity contribution < 1.29 is 23.5 Å². The SMILES string of the molecule is Cc1cc(NC(=O)C(O)c2cc(F)cc(F)c2)ccc1-c1cncc(C(=O)CC(C)C)c1. The molecule has 1 amide bonds. The maximum Gasteiger partial charge on any atom is 0.257 e. The van der Waals surface area contributed by atoms with Crippen molar-refractivity contribution in [2.75, 3.05) is 5.32 Å². The summed E-state index contributed by atoms with van der Waals surface area (Å²) in [6, 6.07) is 9.38. The second kappa shape index (κ2) is 9.78. The van der Waals surface area contributed by atoms with Crippen molar-refractivity contribution in [1.29, 1.82) is 0 Å². The molecule has 3 aromatic rings. The summed E-state index contributed by atoms with van der Waals surface area (Å²) in [4.78, 5) is 28.9. The molecule has 32 heavy (non-hydrogen) atoms. The number of ketones is 1. The zero-order valence-corrected chi connectivity index (χ0v) is 18.0. The van der Waals surface area contributed by atoms with Crippen LogP contribution in [0.4, 0.5) is 14.5 Å². The van der Waals surface area contributed by atoms with E-state index in [4.69, 9.17) is 0 Å². The van der Waals surface area contributed by atoms with Crippen LogP contribution in [0.25, 0.3) is 11.1 Å². The third-order valence-electron chi connectivity index (χ3n) is 4.91. The molecule has 0 aliphatic carbocycles. The van der Waals surface area contributed by atoms with Crippen LogP contribution in [-0.4, -0.2) is 21.8 Å². The molecule has 1 unspecified atom stereocenters. The summed E-state index contributed by atoms with van der Waals surface area (Å²) in [6.07, 6.45) is 1.92. The van der Waals surface area contributed by atoms with Crippen LogP contribution in [-0.2, 0) is 4.79 Å². The van der Waals surface area contributed by atoms with Crippen LogP contribution >= 0.6 is 0 Å². The molecule has 0 saturated heterocycles. The van der Waals surface area contributed by atoms with Crippen molar-refractivity contribution in [2.45, 2.75) is 33.3 Å².